The highest BCUT2D eigenvalue weighted by Crippen LogP contribution is 2.34. The molecule has 0 saturated heterocycles. The number of benzene rings is 2. The van der Waals surface area contributed by atoms with Gasteiger partial charge >= 0.3 is 0 Å². The molecule has 1 heterocycles. The molecule has 0 fully saturated rings. The van der Waals surface area contributed by atoms with Crippen LogP contribution in [0.1, 0.15) is 15.2 Å². The lowest BCUT2D eigenvalue weighted by Crippen LogP contribution is -2.02. The number of thiazole rings is 1. The number of aromatic nitrogens is 1. The molecule has 0 aliphatic carbocycles. The molecule has 0 saturated carbocycles. The summed E-state index contributed by atoms with van der Waals surface area (Å²) >= 11 is 7.11. The molecule has 8 heteroatoms. The lowest BCUT2D eigenvalue weighted by molar-refractivity contribution is -0.384. The number of ketones is 1. The lowest BCUT2D eigenvalue weighted by atomic mass is 10.0. The fourth-order valence-corrected chi connectivity index (χ4v) is 3.25. The van der Waals surface area contributed by atoms with Crippen LogP contribution < -0.4 is 5.73 Å². The van der Waals surface area contributed by atoms with Gasteiger partial charge in [0, 0.05) is 23.3 Å². The molecule has 2 aromatic carbocycles. The number of hydrogen-bond donors (Lipinski definition) is 1. The van der Waals surface area contributed by atoms with Crippen molar-refractivity contribution in [2.75, 3.05) is 5.73 Å². The number of non-ortho nitro benzene ring substituents is 1. The first-order valence-electron chi connectivity index (χ1n) is 6.77. The summed E-state index contributed by atoms with van der Waals surface area (Å²) in [5, 5.41) is 11.5. The highest BCUT2D eigenvalue weighted by Gasteiger charge is 2.22. The van der Waals surface area contributed by atoms with Crippen LogP contribution >= 0.6 is 22.9 Å². The second-order valence-corrected chi connectivity index (χ2v) is 6.28. The number of nitrogen functional groups attached to an aromatic ring is 1. The number of carbonyl (C=O) groups excluding carboxylic acids is 1. The number of rotatable bonds is 4. The van der Waals surface area contributed by atoms with Crippen molar-refractivity contribution in [3.8, 4) is 11.3 Å². The van der Waals surface area contributed by atoms with Crippen molar-refractivity contribution in [3.05, 3.63) is 74.1 Å². The van der Waals surface area contributed by atoms with E-state index in [1.54, 1.807) is 30.3 Å². The van der Waals surface area contributed by atoms with Crippen molar-refractivity contribution in [2.45, 2.75) is 0 Å². The van der Waals surface area contributed by atoms with Gasteiger partial charge in [0.15, 0.2) is 5.13 Å². The second kappa shape index (κ2) is 6.38. The van der Waals surface area contributed by atoms with E-state index < -0.39 is 4.92 Å². The zero-order chi connectivity index (χ0) is 17.3. The lowest BCUT2D eigenvalue weighted by Gasteiger charge is -2.04. The van der Waals surface area contributed by atoms with Crippen molar-refractivity contribution in [2.24, 2.45) is 0 Å². The largest absolute Gasteiger partial charge is 0.375 e. The summed E-state index contributed by atoms with van der Waals surface area (Å²) in [6.45, 7) is 0. The fourth-order valence-electron chi connectivity index (χ4n) is 2.22. The van der Waals surface area contributed by atoms with E-state index in [0.29, 0.717) is 26.7 Å². The van der Waals surface area contributed by atoms with Crippen molar-refractivity contribution >= 4 is 39.5 Å². The standard InChI is InChI=1S/C16H10ClN3O3S/c17-12-7-2-1-6-11(12)14(21)15-13(19-16(18)24-15)9-4-3-5-10(8-9)20(22)23/h1-8H,(H2,18,19). The molecule has 3 rings (SSSR count). The van der Waals surface area contributed by atoms with E-state index >= 15 is 0 Å². The van der Waals surface area contributed by atoms with E-state index in [0.717, 1.165) is 11.3 Å². The molecule has 0 atom stereocenters. The highest BCUT2D eigenvalue weighted by molar-refractivity contribution is 7.18. The molecule has 24 heavy (non-hydrogen) atoms. The number of carbonyl (C=O) groups is 1. The zero-order valence-electron chi connectivity index (χ0n) is 12.1. The van der Waals surface area contributed by atoms with Crippen molar-refractivity contribution in [1.29, 1.82) is 0 Å². The van der Waals surface area contributed by atoms with Crippen LogP contribution in [0.4, 0.5) is 10.8 Å². The average Bonchev–Trinajstić information content (AvgIpc) is 2.97. The predicted molar refractivity (Wildman–Crippen MR) is 93.5 cm³/mol. The van der Waals surface area contributed by atoms with Crippen LogP contribution in [0.5, 0.6) is 0 Å². The Morgan fingerprint density at radius 1 is 1.21 bits per heavy atom. The predicted octanol–water partition coefficient (Wildman–Crippen LogP) is 4.18. The first-order chi connectivity index (χ1) is 11.5. The minimum atomic E-state index is -0.505. The summed E-state index contributed by atoms with van der Waals surface area (Å²) in [7, 11) is 0. The van der Waals surface area contributed by atoms with Crippen molar-refractivity contribution in [3.63, 3.8) is 0 Å². The van der Waals surface area contributed by atoms with Gasteiger partial charge in [-0.05, 0) is 12.1 Å². The third-order valence-electron chi connectivity index (χ3n) is 3.30. The Labute approximate surface area is 145 Å². The molecule has 0 amide bonds. The van der Waals surface area contributed by atoms with Gasteiger partial charge < -0.3 is 5.73 Å². The Morgan fingerprint density at radius 2 is 1.96 bits per heavy atom. The Morgan fingerprint density at radius 3 is 2.67 bits per heavy atom. The van der Waals surface area contributed by atoms with E-state index in [1.807, 2.05) is 0 Å². The molecule has 1 aromatic heterocycles. The highest BCUT2D eigenvalue weighted by atomic mass is 35.5. The van der Waals surface area contributed by atoms with Crippen LogP contribution in [0.25, 0.3) is 11.3 Å². The smallest absolute Gasteiger partial charge is 0.270 e. The number of nitro benzene ring substituents is 1. The molecule has 0 radical (unpaired) electrons. The van der Waals surface area contributed by atoms with Crippen LogP contribution in [-0.2, 0) is 0 Å². The minimum Gasteiger partial charge on any atom is -0.375 e. The van der Waals surface area contributed by atoms with Crippen LogP contribution in [0.2, 0.25) is 5.02 Å². The molecule has 2 N–H and O–H groups in total. The Kier molecular flexibility index (Phi) is 4.28. The maximum atomic E-state index is 12.8. The number of nitrogens with zero attached hydrogens (tertiary/aromatic N) is 2. The number of nitro groups is 1. The van der Waals surface area contributed by atoms with Gasteiger partial charge in [-0.2, -0.15) is 0 Å². The molecule has 0 aliphatic rings. The monoisotopic (exact) mass is 359 g/mol. The van der Waals surface area contributed by atoms with Gasteiger partial charge in [-0.3, -0.25) is 14.9 Å². The fraction of sp³-hybridized carbons (Fsp3) is 0. The average molecular weight is 360 g/mol. The van der Waals surface area contributed by atoms with Gasteiger partial charge in [0.2, 0.25) is 5.78 Å². The minimum absolute atomic E-state index is 0.0878. The van der Waals surface area contributed by atoms with Crippen LogP contribution in [0, 0.1) is 10.1 Å². The molecule has 3 aromatic rings. The van der Waals surface area contributed by atoms with E-state index in [1.165, 1.54) is 18.2 Å². The molecular formula is C16H10ClN3O3S. The van der Waals surface area contributed by atoms with Gasteiger partial charge in [0.05, 0.1) is 15.6 Å². The van der Waals surface area contributed by atoms with Gasteiger partial charge in [0.25, 0.3) is 5.69 Å². The van der Waals surface area contributed by atoms with E-state index in [9.17, 15) is 14.9 Å². The molecule has 0 unspecified atom stereocenters. The molecule has 0 spiro atoms. The van der Waals surface area contributed by atoms with Gasteiger partial charge in [-0.15, -0.1) is 0 Å². The van der Waals surface area contributed by atoms with Gasteiger partial charge in [-0.25, -0.2) is 4.98 Å². The van der Waals surface area contributed by atoms with E-state index in [-0.39, 0.29) is 16.6 Å². The van der Waals surface area contributed by atoms with Crippen LogP contribution in [-0.4, -0.2) is 15.7 Å². The summed E-state index contributed by atoms with van der Waals surface area (Å²) in [5.74, 6) is -0.323. The maximum Gasteiger partial charge on any atom is 0.270 e. The van der Waals surface area contributed by atoms with Crippen LogP contribution in [0.3, 0.4) is 0 Å². The molecule has 120 valence electrons. The molecule has 0 bridgehead atoms. The van der Waals surface area contributed by atoms with Gasteiger partial charge in [-0.1, -0.05) is 47.2 Å². The third kappa shape index (κ3) is 2.99. The van der Waals surface area contributed by atoms with Crippen molar-refractivity contribution in [1.82, 2.24) is 4.98 Å². The van der Waals surface area contributed by atoms with E-state index in [2.05, 4.69) is 4.98 Å². The summed E-state index contributed by atoms with van der Waals surface area (Å²) < 4.78 is 0. The second-order valence-electron chi connectivity index (χ2n) is 4.85. The SMILES string of the molecule is Nc1nc(-c2cccc([N+](=O)[O-])c2)c(C(=O)c2ccccc2Cl)s1. The zero-order valence-corrected chi connectivity index (χ0v) is 13.7. The Hall–Kier alpha value is -2.77. The third-order valence-corrected chi connectivity index (χ3v) is 4.51. The Bertz CT molecular complexity index is 955. The van der Waals surface area contributed by atoms with Crippen LogP contribution in [0.15, 0.2) is 48.5 Å². The molecular weight excluding hydrogens is 350 g/mol. The number of anilines is 1. The number of halogens is 1. The van der Waals surface area contributed by atoms with E-state index in [4.69, 9.17) is 17.3 Å². The van der Waals surface area contributed by atoms with Crippen molar-refractivity contribution < 1.29 is 9.72 Å². The Balaban J connectivity index is 2.12. The first kappa shape index (κ1) is 16.1. The molecule has 0 aliphatic heterocycles. The number of hydrogen-bond acceptors (Lipinski definition) is 6. The normalized spacial score (nSPS) is 10.5. The summed E-state index contributed by atoms with van der Waals surface area (Å²) in [6.07, 6.45) is 0. The summed E-state index contributed by atoms with van der Waals surface area (Å²) in [4.78, 5) is 27.7. The van der Waals surface area contributed by atoms with Gasteiger partial charge in [0.1, 0.15) is 4.88 Å². The summed E-state index contributed by atoms with van der Waals surface area (Å²) in [5.41, 5.74) is 6.76. The topological polar surface area (TPSA) is 99.1 Å². The number of nitrogens with two attached hydrogens (primary N) is 1. The summed E-state index contributed by atoms with van der Waals surface area (Å²) in [6, 6.07) is 12.6. The molecule has 6 nitrogen and oxygen atoms in total. The quantitative estimate of drug-likeness (QED) is 0.428. The maximum absolute atomic E-state index is 12.8. The first-order valence-corrected chi connectivity index (χ1v) is 7.97.